The van der Waals surface area contributed by atoms with Crippen LogP contribution < -0.4 is 0 Å². The molecule has 2 rings (SSSR count). The van der Waals surface area contributed by atoms with Gasteiger partial charge >= 0.3 is 0 Å². The number of aromatic amines is 1. The molecule has 0 radical (unpaired) electrons. The van der Waals surface area contributed by atoms with E-state index in [2.05, 4.69) is 15.2 Å². The molecule has 72 valence electrons. The molecule has 2 heterocycles. The first-order valence-electron chi connectivity index (χ1n) is 4.36. The van der Waals surface area contributed by atoms with Gasteiger partial charge in [0.15, 0.2) is 0 Å². The maximum Gasteiger partial charge on any atom is 0.109 e. The highest BCUT2D eigenvalue weighted by Gasteiger charge is 2.10. The van der Waals surface area contributed by atoms with E-state index in [9.17, 15) is 5.11 Å². The van der Waals surface area contributed by atoms with E-state index in [1.54, 1.807) is 18.6 Å². The third-order valence-corrected chi connectivity index (χ3v) is 2.09. The number of aliphatic hydroxyl groups is 1. The predicted octanol–water partition coefficient (Wildman–Crippen LogP) is 1.19. The molecule has 14 heavy (non-hydrogen) atoms. The number of pyridine rings is 1. The fourth-order valence-electron chi connectivity index (χ4n) is 1.24. The summed E-state index contributed by atoms with van der Waals surface area (Å²) in [5.74, 6) is 0. The Morgan fingerprint density at radius 2 is 2.14 bits per heavy atom. The van der Waals surface area contributed by atoms with Gasteiger partial charge in [-0.05, 0) is 13.0 Å². The molecule has 0 fully saturated rings. The van der Waals surface area contributed by atoms with E-state index in [1.165, 1.54) is 0 Å². The molecule has 2 aromatic heterocycles. The molecule has 0 aliphatic carbocycles. The van der Waals surface area contributed by atoms with E-state index in [1.807, 2.05) is 19.1 Å². The Hall–Kier alpha value is -1.68. The molecule has 2 aromatic rings. The number of nitrogens with zero attached hydrogens (tertiary/aromatic N) is 2. The van der Waals surface area contributed by atoms with Crippen molar-refractivity contribution in [2.75, 3.05) is 0 Å². The summed E-state index contributed by atoms with van der Waals surface area (Å²) in [6.07, 6.45) is 4.30. The van der Waals surface area contributed by atoms with Crippen molar-refractivity contribution in [3.8, 4) is 0 Å². The van der Waals surface area contributed by atoms with Crippen LogP contribution in [0.15, 0.2) is 30.7 Å². The first-order valence-corrected chi connectivity index (χ1v) is 4.36. The van der Waals surface area contributed by atoms with Gasteiger partial charge in [0.1, 0.15) is 6.10 Å². The van der Waals surface area contributed by atoms with Crippen molar-refractivity contribution >= 4 is 0 Å². The molecule has 0 aliphatic rings. The van der Waals surface area contributed by atoms with Crippen LogP contribution in [0.1, 0.15) is 22.9 Å². The monoisotopic (exact) mass is 189 g/mol. The summed E-state index contributed by atoms with van der Waals surface area (Å²) in [4.78, 5) is 4.12. The molecule has 4 heteroatoms. The topological polar surface area (TPSA) is 61.8 Å². The molecule has 0 bridgehead atoms. The second kappa shape index (κ2) is 3.59. The normalized spacial score (nSPS) is 12.7. The van der Waals surface area contributed by atoms with Crippen LogP contribution in [0.4, 0.5) is 0 Å². The lowest BCUT2D eigenvalue weighted by atomic mass is 10.1. The first kappa shape index (κ1) is 8.90. The Balaban J connectivity index is 2.28. The van der Waals surface area contributed by atoms with E-state index in [0.717, 1.165) is 16.8 Å². The molecule has 1 atom stereocenters. The summed E-state index contributed by atoms with van der Waals surface area (Å²) >= 11 is 0. The summed E-state index contributed by atoms with van der Waals surface area (Å²) < 4.78 is 0. The molecule has 0 amide bonds. The van der Waals surface area contributed by atoms with Crippen LogP contribution in [0, 0.1) is 6.92 Å². The second-order valence-corrected chi connectivity index (χ2v) is 3.17. The number of hydrogen-bond donors (Lipinski definition) is 2. The van der Waals surface area contributed by atoms with E-state index in [0.29, 0.717) is 0 Å². The zero-order chi connectivity index (χ0) is 9.97. The molecule has 2 N–H and O–H groups in total. The van der Waals surface area contributed by atoms with Crippen molar-refractivity contribution in [1.29, 1.82) is 0 Å². The van der Waals surface area contributed by atoms with Crippen LogP contribution in [-0.2, 0) is 0 Å². The van der Waals surface area contributed by atoms with Crippen molar-refractivity contribution in [3.63, 3.8) is 0 Å². The smallest absolute Gasteiger partial charge is 0.109 e. The summed E-state index contributed by atoms with van der Waals surface area (Å²) in [6, 6.07) is 3.73. The molecule has 4 nitrogen and oxygen atoms in total. The van der Waals surface area contributed by atoms with Gasteiger partial charge in [0.2, 0.25) is 0 Å². The zero-order valence-corrected chi connectivity index (χ0v) is 7.81. The standard InChI is InChI=1S/C10H11N3O/c1-7-2-3-8(4-11-7)10(14)9-5-12-13-6-9/h2-6,10,14H,1H3,(H,12,13). The van der Waals surface area contributed by atoms with E-state index < -0.39 is 6.10 Å². The van der Waals surface area contributed by atoms with Gasteiger partial charge in [0.05, 0.1) is 6.20 Å². The minimum atomic E-state index is -0.651. The van der Waals surface area contributed by atoms with Crippen LogP contribution in [0.3, 0.4) is 0 Å². The minimum absolute atomic E-state index is 0.651. The molecule has 0 saturated heterocycles. The first-order chi connectivity index (χ1) is 6.77. The van der Waals surface area contributed by atoms with Crippen molar-refractivity contribution in [2.24, 2.45) is 0 Å². The number of aliphatic hydroxyl groups excluding tert-OH is 1. The lowest BCUT2D eigenvalue weighted by Crippen LogP contribution is -1.98. The highest BCUT2D eigenvalue weighted by atomic mass is 16.3. The number of aromatic nitrogens is 3. The Morgan fingerprint density at radius 1 is 1.29 bits per heavy atom. The molecular formula is C10H11N3O. The molecular weight excluding hydrogens is 178 g/mol. The minimum Gasteiger partial charge on any atom is -0.383 e. The summed E-state index contributed by atoms with van der Waals surface area (Å²) in [6.45, 7) is 1.91. The number of H-pyrrole nitrogens is 1. The highest BCUT2D eigenvalue weighted by molar-refractivity contribution is 5.24. The largest absolute Gasteiger partial charge is 0.383 e. The highest BCUT2D eigenvalue weighted by Crippen LogP contribution is 2.19. The maximum absolute atomic E-state index is 9.87. The average Bonchev–Trinajstić information content (AvgIpc) is 2.71. The fourth-order valence-corrected chi connectivity index (χ4v) is 1.24. The van der Waals surface area contributed by atoms with E-state index >= 15 is 0 Å². The van der Waals surface area contributed by atoms with Crippen LogP contribution >= 0.6 is 0 Å². The predicted molar refractivity (Wildman–Crippen MR) is 51.6 cm³/mol. The van der Waals surface area contributed by atoms with Gasteiger partial charge in [-0.3, -0.25) is 10.1 Å². The molecule has 0 spiro atoms. The van der Waals surface area contributed by atoms with E-state index in [-0.39, 0.29) is 0 Å². The Morgan fingerprint density at radius 3 is 2.71 bits per heavy atom. The quantitative estimate of drug-likeness (QED) is 0.746. The fraction of sp³-hybridized carbons (Fsp3) is 0.200. The third kappa shape index (κ3) is 1.65. The lowest BCUT2D eigenvalue weighted by Gasteiger charge is -2.07. The molecule has 1 unspecified atom stereocenters. The maximum atomic E-state index is 9.87. The van der Waals surface area contributed by atoms with Gasteiger partial charge in [-0.25, -0.2) is 0 Å². The van der Waals surface area contributed by atoms with Crippen molar-refractivity contribution in [1.82, 2.24) is 15.2 Å². The van der Waals surface area contributed by atoms with E-state index in [4.69, 9.17) is 0 Å². The summed E-state index contributed by atoms with van der Waals surface area (Å²) in [5.41, 5.74) is 2.46. The van der Waals surface area contributed by atoms with Crippen LogP contribution in [0.5, 0.6) is 0 Å². The van der Waals surface area contributed by atoms with Gasteiger partial charge in [-0.2, -0.15) is 5.10 Å². The van der Waals surface area contributed by atoms with Gasteiger partial charge in [0.25, 0.3) is 0 Å². The van der Waals surface area contributed by atoms with Crippen molar-refractivity contribution in [3.05, 3.63) is 47.5 Å². The molecule has 0 aliphatic heterocycles. The number of rotatable bonds is 2. The van der Waals surface area contributed by atoms with Crippen LogP contribution in [-0.4, -0.2) is 20.3 Å². The number of hydrogen-bond acceptors (Lipinski definition) is 3. The van der Waals surface area contributed by atoms with Crippen molar-refractivity contribution < 1.29 is 5.11 Å². The Kier molecular flexibility index (Phi) is 2.28. The van der Waals surface area contributed by atoms with Crippen molar-refractivity contribution in [2.45, 2.75) is 13.0 Å². The van der Waals surface area contributed by atoms with Gasteiger partial charge in [-0.15, -0.1) is 0 Å². The van der Waals surface area contributed by atoms with Gasteiger partial charge < -0.3 is 5.11 Å². The van der Waals surface area contributed by atoms with Gasteiger partial charge in [0, 0.05) is 29.2 Å². The molecule has 0 aromatic carbocycles. The van der Waals surface area contributed by atoms with Gasteiger partial charge in [-0.1, -0.05) is 6.07 Å². The van der Waals surface area contributed by atoms with Crippen LogP contribution in [0.25, 0.3) is 0 Å². The number of aryl methyl sites for hydroxylation is 1. The lowest BCUT2D eigenvalue weighted by molar-refractivity contribution is 0.220. The zero-order valence-electron chi connectivity index (χ0n) is 7.81. The Bertz CT molecular complexity index is 394. The Labute approximate surface area is 81.6 Å². The van der Waals surface area contributed by atoms with Crippen LogP contribution in [0.2, 0.25) is 0 Å². The summed E-state index contributed by atoms with van der Waals surface area (Å²) in [5, 5.41) is 16.3. The SMILES string of the molecule is Cc1ccc(C(O)c2cn[nH]c2)cn1. The molecule has 0 saturated carbocycles. The average molecular weight is 189 g/mol. The summed E-state index contributed by atoms with van der Waals surface area (Å²) in [7, 11) is 0. The second-order valence-electron chi connectivity index (χ2n) is 3.17. The third-order valence-electron chi connectivity index (χ3n) is 2.09. The number of nitrogens with one attached hydrogen (secondary N) is 1.